The summed E-state index contributed by atoms with van der Waals surface area (Å²) in [7, 11) is 0. The molecule has 0 aliphatic heterocycles. The molecule has 5 heteroatoms. The van der Waals surface area contributed by atoms with Gasteiger partial charge < -0.3 is 9.47 Å². The van der Waals surface area contributed by atoms with E-state index in [4.69, 9.17) is 21.1 Å². The molecule has 1 aromatic heterocycles. The number of rotatable bonds is 6. The highest BCUT2D eigenvalue weighted by atomic mass is 35.5. The van der Waals surface area contributed by atoms with E-state index in [1.807, 2.05) is 24.3 Å². The molecule has 2 aromatic rings. The first-order valence-corrected chi connectivity index (χ1v) is 7.26. The van der Waals surface area contributed by atoms with Gasteiger partial charge in [0.15, 0.2) is 5.69 Å². The summed E-state index contributed by atoms with van der Waals surface area (Å²) in [5.41, 5.74) is 0.211. The number of hydrogen-bond acceptors (Lipinski definition) is 4. The second-order valence-corrected chi connectivity index (χ2v) is 5.48. The van der Waals surface area contributed by atoms with E-state index in [-0.39, 0.29) is 12.3 Å². The molecule has 0 fully saturated rings. The molecule has 0 spiro atoms. The van der Waals surface area contributed by atoms with Gasteiger partial charge in [-0.3, -0.25) is 0 Å². The van der Waals surface area contributed by atoms with Crippen LogP contribution in [0.4, 0.5) is 0 Å². The van der Waals surface area contributed by atoms with E-state index < -0.39 is 5.97 Å². The number of nitrogens with zero attached hydrogens (tertiary/aromatic N) is 1. The van der Waals surface area contributed by atoms with Crippen LogP contribution >= 0.6 is 11.6 Å². The van der Waals surface area contributed by atoms with Crippen molar-refractivity contribution < 1.29 is 14.3 Å². The number of aromatic nitrogens is 1. The van der Waals surface area contributed by atoms with Crippen LogP contribution in [0.5, 0.6) is 0 Å². The third kappa shape index (κ3) is 4.41. The maximum atomic E-state index is 11.9. The first-order valence-electron chi connectivity index (χ1n) is 6.88. The minimum Gasteiger partial charge on any atom is -0.459 e. The topological polar surface area (TPSA) is 48.4 Å². The summed E-state index contributed by atoms with van der Waals surface area (Å²) in [6.45, 7) is 5.36. The molecule has 112 valence electrons. The van der Waals surface area contributed by atoms with Crippen LogP contribution in [0.1, 0.15) is 24.3 Å². The van der Waals surface area contributed by atoms with E-state index in [1.165, 1.54) is 0 Å². The maximum Gasteiger partial charge on any atom is 0.357 e. The number of ether oxygens (including phenoxy) is 2. The average Bonchev–Trinajstić information content (AvgIpc) is 2.46. The van der Waals surface area contributed by atoms with E-state index in [2.05, 4.69) is 18.8 Å². The number of benzene rings is 1. The second-order valence-electron chi connectivity index (χ2n) is 5.12. The van der Waals surface area contributed by atoms with Crippen LogP contribution in [0, 0.1) is 5.92 Å². The van der Waals surface area contributed by atoms with Crippen LogP contribution < -0.4 is 0 Å². The predicted octanol–water partition coefficient (Wildman–Crippen LogP) is 3.72. The van der Waals surface area contributed by atoms with E-state index in [0.717, 1.165) is 10.8 Å². The lowest BCUT2D eigenvalue weighted by molar-refractivity contribution is 0.0272. The van der Waals surface area contributed by atoms with Crippen molar-refractivity contribution in [2.45, 2.75) is 13.8 Å². The molecule has 1 heterocycles. The highest BCUT2D eigenvalue weighted by molar-refractivity contribution is 6.34. The van der Waals surface area contributed by atoms with Gasteiger partial charge in [0.25, 0.3) is 0 Å². The number of fused-ring (bicyclic) bond motifs is 1. The van der Waals surface area contributed by atoms with E-state index >= 15 is 0 Å². The summed E-state index contributed by atoms with van der Waals surface area (Å²) in [5.74, 6) is -0.0301. The molecule has 0 saturated carbocycles. The van der Waals surface area contributed by atoms with Gasteiger partial charge in [-0.25, -0.2) is 9.78 Å². The highest BCUT2D eigenvalue weighted by Gasteiger charge is 2.12. The first kappa shape index (κ1) is 15.7. The Morgan fingerprint density at radius 1 is 1.29 bits per heavy atom. The Balaban J connectivity index is 1.96. The summed E-state index contributed by atoms with van der Waals surface area (Å²) < 4.78 is 10.5. The quantitative estimate of drug-likeness (QED) is 0.463. The summed E-state index contributed by atoms with van der Waals surface area (Å²) >= 11 is 6.08. The van der Waals surface area contributed by atoms with Gasteiger partial charge in [0, 0.05) is 12.0 Å². The molecule has 0 N–H and O–H groups in total. The molecule has 4 nitrogen and oxygen atoms in total. The SMILES string of the molecule is CC(C)COCCOC(=O)c1cc2ccccc2c(Cl)n1. The second kappa shape index (κ2) is 7.38. The van der Waals surface area contributed by atoms with Crippen molar-refractivity contribution in [3.8, 4) is 0 Å². The molecule has 0 aliphatic rings. The van der Waals surface area contributed by atoms with Gasteiger partial charge in [-0.2, -0.15) is 0 Å². The number of hydrogen-bond donors (Lipinski definition) is 0. The molecule has 21 heavy (non-hydrogen) atoms. The van der Waals surface area contributed by atoms with Gasteiger partial charge in [0.1, 0.15) is 11.8 Å². The Hall–Kier alpha value is -1.65. The fraction of sp³-hybridized carbons (Fsp3) is 0.375. The standard InChI is InChI=1S/C16H18ClNO3/c1-11(2)10-20-7-8-21-16(19)14-9-12-5-3-4-6-13(12)15(17)18-14/h3-6,9,11H,7-8,10H2,1-2H3. The molecule has 2 rings (SSSR count). The van der Waals surface area contributed by atoms with Gasteiger partial charge in [0.05, 0.1) is 6.61 Å². The van der Waals surface area contributed by atoms with E-state index in [9.17, 15) is 4.79 Å². The molecule has 1 aromatic carbocycles. The number of carbonyl (C=O) groups excluding carboxylic acids is 1. The third-order valence-electron chi connectivity index (χ3n) is 2.82. The van der Waals surface area contributed by atoms with Crippen molar-refractivity contribution in [3.05, 3.63) is 41.2 Å². The van der Waals surface area contributed by atoms with Crippen molar-refractivity contribution in [2.75, 3.05) is 19.8 Å². The molecule has 0 radical (unpaired) electrons. The van der Waals surface area contributed by atoms with Crippen LogP contribution in [-0.4, -0.2) is 30.8 Å². The largest absolute Gasteiger partial charge is 0.459 e. The Bertz CT molecular complexity index is 628. The lowest BCUT2D eigenvalue weighted by Gasteiger charge is -2.08. The molecular weight excluding hydrogens is 290 g/mol. The van der Waals surface area contributed by atoms with Crippen molar-refractivity contribution in [1.29, 1.82) is 0 Å². The van der Waals surface area contributed by atoms with Crippen molar-refractivity contribution in [1.82, 2.24) is 4.98 Å². The molecule has 0 unspecified atom stereocenters. The van der Waals surface area contributed by atoms with Gasteiger partial charge in [0.2, 0.25) is 0 Å². The van der Waals surface area contributed by atoms with Crippen LogP contribution in [0.15, 0.2) is 30.3 Å². The van der Waals surface area contributed by atoms with Crippen LogP contribution in [-0.2, 0) is 9.47 Å². The minimum absolute atomic E-state index is 0.206. The van der Waals surface area contributed by atoms with Crippen LogP contribution in [0.2, 0.25) is 5.15 Å². The fourth-order valence-electron chi connectivity index (χ4n) is 1.85. The first-order chi connectivity index (χ1) is 10.1. The smallest absolute Gasteiger partial charge is 0.357 e. The Morgan fingerprint density at radius 3 is 2.81 bits per heavy atom. The molecule has 0 atom stereocenters. The highest BCUT2D eigenvalue weighted by Crippen LogP contribution is 2.22. The fourth-order valence-corrected chi connectivity index (χ4v) is 2.11. The van der Waals surface area contributed by atoms with Crippen molar-refractivity contribution >= 4 is 28.3 Å². The summed E-state index contributed by atoms with van der Waals surface area (Å²) in [6.07, 6.45) is 0. The number of esters is 1. The van der Waals surface area contributed by atoms with E-state index in [0.29, 0.717) is 24.3 Å². The normalized spacial score (nSPS) is 11.0. The lowest BCUT2D eigenvalue weighted by Crippen LogP contribution is -2.13. The Kier molecular flexibility index (Phi) is 5.53. The molecule has 0 bridgehead atoms. The van der Waals surface area contributed by atoms with Crippen molar-refractivity contribution in [2.24, 2.45) is 5.92 Å². The zero-order chi connectivity index (χ0) is 15.2. The van der Waals surface area contributed by atoms with E-state index in [1.54, 1.807) is 6.07 Å². The van der Waals surface area contributed by atoms with Gasteiger partial charge >= 0.3 is 5.97 Å². The Morgan fingerprint density at radius 2 is 2.05 bits per heavy atom. The van der Waals surface area contributed by atoms with Crippen LogP contribution in [0.25, 0.3) is 10.8 Å². The molecule has 0 saturated heterocycles. The number of halogens is 1. The van der Waals surface area contributed by atoms with Gasteiger partial charge in [-0.15, -0.1) is 0 Å². The van der Waals surface area contributed by atoms with Crippen LogP contribution in [0.3, 0.4) is 0 Å². The maximum absolute atomic E-state index is 11.9. The summed E-state index contributed by atoms with van der Waals surface area (Å²) in [5, 5.41) is 1.98. The van der Waals surface area contributed by atoms with Crippen molar-refractivity contribution in [3.63, 3.8) is 0 Å². The predicted molar refractivity (Wildman–Crippen MR) is 82.7 cm³/mol. The summed E-state index contributed by atoms with van der Waals surface area (Å²) in [6, 6.07) is 9.18. The lowest BCUT2D eigenvalue weighted by atomic mass is 10.1. The zero-order valence-electron chi connectivity index (χ0n) is 12.1. The average molecular weight is 308 g/mol. The number of pyridine rings is 1. The minimum atomic E-state index is -0.490. The van der Waals surface area contributed by atoms with Gasteiger partial charge in [-0.1, -0.05) is 49.7 Å². The van der Waals surface area contributed by atoms with Gasteiger partial charge in [-0.05, 0) is 17.4 Å². The molecular formula is C16H18ClNO3. The molecule has 0 amide bonds. The number of carbonyl (C=O) groups is 1. The monoisotopic (exact) mass is 307 g/mol. The third-order valence-corrected chi connectivity index (χ3v) is 3.10. The summed E-state index contributed by atoms with van der Waals surface area (Å²) in [4.78, 5) is 16.0. The zero-order valence-corrected chi connectivity index (χ0v) is 12.9. The Labute approximate surface area is 129 Å². The molecule has 0 aliphatic carbocycles.